The molecule has 2 aromatic rings. The fourth-order valence-electron chi connectivity index (χ4n) is 1.75. The third-order valence-corrected chi connectivity index (χ3v) is 2.99. The minimum Gasteiger partial charge on any atom is -0.363 e. The summed E-state index contributed by atoms with van der Waals surface area (Å²) in [4.78, 5) is 9.11. The van der Waals surface area contributed by atoms with Gasteiger partial charge in [-0.25, -0.2) is 4.98 Å². The van der Waals surface area contributed by atoms with Crippen molar-refractivity contribution in [2.24, 2.45) is 0 Å². The molecule has 0 atom stereocenters. The topological polar surface area (TPSA) is 58.9 Å². The Balaban J connectivity index is 2.35. The molecule has 9 heteroatoms. The van der Waals surface area contributed by atoms with Gasteiger partial charge in [0.05, 0.1) is 17.4 Å². The second-order valence-corrected chi connectivity index (χ2v) is 6.30. The number of hydrogen-bond acceptors (Lipinski definition) is 5. The Hall–Kier alpha value is -2.32. The average molecular weight is 328 g/mol. The molecule has 0 unspecified atom stereocenters. The molecule has 2 rings (SSSR count). The minimum absolute atomic E-state index is 0.128. The highest BCUT2D eigenvalue weighted by Crippen LogP contribution is 2.30. The lowest BCUT2D eigenvalue weighted by Gasteiger charge is -2.18. The minimum atomic E-state index is -4.54. The maximum Gasteiger partial charge on any atom is 0.433 e. The Morgan fingerprint density at radius 3 is 2.26 bits per heavy atom. The number of nitrogens with zero attached hydrogens (tertiary/aromatic N) is 5. The lowest BCUT2D eigenvalue weighted by Crippen LogP contribution is -2.21. The van der Waals surface area contributed by atoms with E-state index in [1.165, 1.54) is 11.1 Å². The fourth-order valence-corrected chi connectivity index (χ4v) is 1.75. The van der Waals surface area contributed by atoms with Crippen LogP contribution in [0.4, 0.5) is 30.6 Å². The molecule has 0 saturated carbocycles. The van der Waals surface area contributed by atoms with Crippen LogP contribution in [-0.2, 0) is 11.7 Å². The van der Waals surface area contributed by atoms with Crippen LogP contribution in [0.5, 0.6) is 0 Å². The van der Waals surface area contributed by atoms with Crippen molar-refractivity contribution in [1.29, 1.82) is 0 Å². The summed E-state index contributed by atoms with van der Waals surface area (Å²) in [7, 11) is 3.23. The monoisotopic (exact) mass is 328 g/mol. The predicted octanol–water partition coefficient (Wildman–Crippen LogP) is 3.26. The van der Waals surface area contributed by atoms with Gasteiger partial charge in [0.15, 0.2) is 5.69 Å². The maximum atomic E-state index is 13.0. The Labute approximate surface area is 132 Å². The van der Waals surface area contributed by atoms with Gasteiger partial charge < -0.3 is 10.2 Å². The summed E-state index contributed by atoms with van der Waals surface area (Å²) in [6.45, 7) is 5.90. The van der Waals surface area contributed by atoms with Crippen LogP contribution >= 0.6 is 0 Å². The van der Waals surface area contributed by atoms with Crippen LogP contribution < -0.4 is 10.2 Å². The lowest BCUT2D eigenvalue weighted by atomic mass is 10.1. The van der Waals surface area contributed by atoms with E-state index in [0.29, 0.717) is 5.69 Å². The molecule has 0 aliphatic carbocycles. The number of nitrogens with one attached hydrogen (secondary N) is 1. The van der Waals surface area contributed by atoms with E-state index < -0.39 is 11.9 Å². The van der Waals surface area contributed by atoms with Crippen molar-refractivity contribution < 1.29 is 13.2 Å². The fraction of sp³-hybridized carbons (Fsp3) is 0.500. The van der Waals surface area contributed by atoms with Gasteiger partial charge in [0, 0.05) is 26.4 Å². The van der Waals surface area contributed by atoms with E-state index in [9.17, 15) is 13.2 Å². The number of anilines is 3. The smallest absolute Gasteiger partial charge is 0.363 e. The van der Waals surface area contributed by atoms with Crippen molar-refractivity contribution >= 4 is 17.5 Å². The molecule has 0 aliphatic rings. The summed E-state index contributed by atoms with van der Waals surface area (Å²) < 4.78 is 40.6. The van der Waals surface area contributed by atoms with E-state index in [-0.39, 0.29) is 17.3 Å². The maximum absolute atomic E-state index is 13.0. The summed E-state index contributed by atoms with van der Waals surface area (Å²) in [6.07, 6.45) is -1.33. The standard InChI is InChI=1S/C14H19F3N6/c1-13(2,3)23-8-9(7-18-23)19-12-20-10(14(15,16)17)6-11(21-12)22(4)5/h6-8H,1-5H3,(H,19,20,21). The molecule has 0 aromatic carbocycles. The van der Waals surface area contributed by atoms with Crippen molar-refractivity contribution in [3.05, 3.63) is 24.2 Å². The van der Waals surface area contributed by atoms with Crippen LogP contribution in [0, 0.1) is 0 Å². The van der Waals surface area contributed by atoms with E-state index in [4.69, 9.17) is 0 Å². The second kappa shape index (κ2) is 5.71. The number of alkyl halides is 3. The second-order valence-electron chi connectivity index (χ2n) is 6.30. The zero-order valence-electron chi connectivity index (χ0n) is 13.6. The Morgan fingerprint density at radius 2 is 1.78 bits per heavy atom. The number of hydrogen-bond donors (Lipinski definition) is 1. The molecule has 2 aromatic heterocycles. The van der Waals surface area contributed by atoms with Crippen molar-refractivity contribution in [2.75, 3.05) is 24.3 Å². The molecule has 0 radical (unpaired) electrons. The molecule has 2 heterocycles. The van der Waals surface area contributed by atoms with Crippen molar-refractivity contribution in [3.63, 3.8) is 0 Å². The van der Waals surface area contributed by atoms with E-state index in [2.05, 4.69) is 20.4 Å². The number of halogens is 3. The van der Waals surface area contributed by atoms with Crippen molar-refractivity contribution in [3.8, 4) is 0 Å². The first kappa shape index (κ1) is 17.0. The van der Waals surface area contributed by atoms with Gasteiger partial charge in [-0.2, -0.15) is 23.3 Å². The van der Waals surface area contributed by atoms with Gasteiger partial charge in [0.2, 0.25) is 5.95 Å². The summed E-state index contributed by atoms with van der Waals surface area (Å²) >= 11 is 0. The molecular formula is C14H19F3N6. The van der Waals surface area contributed by atoms with Crippen LogP contribution in [-0.4, -0.2) is 33.8 Å². The third-order valence-electron chi connectivity index (χ3n) is 2.99. The van der Waals surface area contributed by atoms with Crippen LogP contribution in [0.3, 0.4) is 0 Å². The van der Waals surface area contributed by atoms with Crippen LogP contribution in [0.2, 0.25) is 0 Å². The molecule has 23 heavy (non-hydrogen) atoms. The Kier molecular flexibility index (Phi) is 4.23. The van der Waals surface area contributed by atoms with Crippen molar-refractivity contribution in [2.45, 2.75) is 32.5 Å². The van der Waals surface area contributed by atoms with Gasteiger partial charge >= 0.3 is 6.18 Å². The molecule has 1 N–H and O–H groups in total. The van der Waals surface area contributed by atoms with Gasteiger partial charge in [-0.1, -0.05) is 0 Å². The highest BCUT2D eigenvalue weighted by atomic mass is 19.4. The van der Waals surface area contributed by atoms with E-state index >= 15 is 0 Å². The van der Waals surface area contributed by atoms with E-state index in [1.807, 2.05) is 20.8 Å². The van der Waals surface area contributed by atoms with Gasteiger partial charge in [-0.05, 0) is 20.8 Å². The Bertz CT molecular complexity index is 685. The molecule has 0 bridgehead atoms. The average Bonchev–Trinajstić information content (AvgIpc) is 2.85. The molecule has 0 amide bonds. The van der Waals surface area contributed by atoms with Gasteiger partial charge in [-0.3, -0.25) is 4.68 Å². The highest BCUT2D eigenvalue weighted by Gasteiger charge is 2.34. The molecule has 0 saturated heterocycles. The SMILES string of the molecule is CN(C)c1cc(C(F)(F)F)nc(Nc2cnn(C(C)(C)C)c2)n1. The molecule has 126 valence electrons. The first-order chi connectivity index (χ1) is 10.5. The quantitative estimate of drug-likeness (QED) is 0.937. The van der Waals surface area contributed by atoms with Crippen molar-refractivity contribution in [1.82, 2.24) is 19.7 Å². The Morgan fingerprint density at radius 1 is 1.13 bits per heavy atom. The van der Waals surface area contributed by atoms with Crippen LogP contribution in [0.15, 0.2) is 18.5 Å². The highest BCUT2D eigenvalue weighted by molar-refractivity contribution is 5.54. The number of rotatable bonds is 3. The summed E-state index contributed by atoms with van der Waals surface area (Å²) in [5.41, 5.74) is -0.713. The van der Waals surface area contributed by atoms with Crippen LogP contribution in [0.25, 0.3) is 0 Å². The summed E-state index contributed by atoms with van der Waals surface area (Å²) in [5.74, 6) is 0.0371. The van der Waals surface area contributed by atoms with E-state index in [1.54, 1.807) is 25.0 Å². The normalized spacial score (nSPS) is 12.3. The van der Waals surface area contributed by atoms with Gasteiger partial charge in [0.25, 0.3) is 0 Å². The van der Waals surface area contributed by atoms with Gasteiger partial charge in [-0.15, -0.1) is 0 Å². The molecule has 0 aliphatic heterocycles. The number of aromatic nitrogens is 4. The molecule has 0 spiro atoms. The molecule has 0 fully saturated rings. The first-order valence-corrected chi connectivity index (χ1v) is 6.92. The first-order valence-electron chi connectivity index (χ1n) is 6.92. The zero-order chi connectivity index (χ0) is 17.4. The molecular weight excluding hydrogens is 309 g/mol. The summed E-state index contributed by atoms with van der Waals surface area (Å²) in [5, 5.41) is 6.95. The zero-order valence-corrected chi connectivity index (χ0v) is 13.6. The molecule has 6 nitrogen and oxygen atoms in total. The third kappa shape index (κ3) is 4.11. The van der Waals surface area contributed by atoms with E-state index in [0.717, 1.165) is 6.07 Å². The van der Waals surface area contributed by atoms with Gasteiger partial charge in [0.1, 0.15) is 5.82 Å². The summed E-state index contributed by atoms with van der Waals surface area (Å²) in [6, 6.07) is 0.907. The largest absolute Gasteiger partial charge is 0.433 e. The van der Waals surface area contributed by atoms with Crippen LogP contribution in [0.1, 0.15) is 26.5 Å². The predicted molar refractivity (Wildman–Crippen MR) is 81.9 cm³/mol. The lowest BCUT2D eigenvalue weighted by molar-refractivity contribution is -0.141.